The SMILES string of the molecule is Cc1cc(C)c(NC(=O)CN2CCN(C(=O)C3CCCO3)CC2)c(Cl)c1. The Bertz CT molecular complexity index is 658. The van der Waals surface area contributed by atoms with Crippen molar-refractivity contribution in [3.05, 3.63) is 28.3 Å². The minimum absolute atomic E-state index is 0.0854. The van der Waals surface area contributed by atoms with Crippen molar-refractivity contribution in [3.8, 4) is 0 Å². The number of ether oxygens (including phenoxy) is 1. The highest BCUT2D eigenvalue weighted by molar-refractivity contribution is 6.34. The number of carbonyl (C=O) groups excluding carboxylic acids is 2. The summed E-state index contributed by atoms with van der Waals surface area (Å²) in [5.74, 6) is 0.00594. The number of halogens is 1. The maximum absolute atomic E-state index is 12.4. The molecule has 2 heterocycles. The Morgan fingerprint density at radius 2 is 1.96 bits per heavy atom. The summed E-state index contributed by atoms with van der Waals surface area (Å²) in [6, 6.07) is 3.84. The second-order valence-electron chi connectivity index (χ2n) is 7.09. The lowest BCUT2D eigenvalue weighted by molar-refractivity contribution is -0.142. The molecule has 0 radical (unpaired) electrons. The summed E-state index contributed by atoms with van der Waals surface area (Å²) >= 11 is 6.25. The third-order valence-electron chi connectivity index (χ3n) is 4.95. The van der Waals surface area contributed by atoms with Gasteiger partial charge in [-0.3, -0.25) is 14.5 Å². The van der Waals surface area contributed by atoms with Gasteiger partial charge in [0.1, 0.15) is 6.10 Å². The Labute approximate surface area is 159 Å². The first-order valence-electron chi connectivity index (χ1n) is 9.13. The number of amides is 2. The van der Waals surface area contributed by atoms with Gasteiger partial charge >= 0.3 is 0 Å². The smallest absolute Gasteiger partial charge is 0.251 e. The summed E-state index contributed by atoms with van der Waals surface area (Å²) < 4.78 is 5.48. The van der Waals surface area contributed by atoms with Crippen LogP contribution in [0, 0.1) is 13.8 Å². The molecule has 26 heavy (non-hydrogen) atoms. The number of nitrogens with zero attached hydrogens (tertiary/aromatic N) is 2. The van der Waals surface area contributed by atoms with E-state index in [1.54, 1.807) is 0 Å². The second-order valence-corrected chi connectivity index (χ2v) is 7.50. The molecule has 0 saturated carbocycles. The monoisotopic (exact) mass is 379 g/mol. The zero-order chi connectivity index (χ0) is 18.7. The number of anilines is 1. The molecular weight excluding hydrogens is 354 g/mol. The van der Waals surface area contributed by atoms with Crippen molar-refractivity contribution < 1.29 is 14.3 Å². The van der Waals surface area contributed by atoms with Crippen molar-refractivity contribution in [3.63, 3.8) is 0 Å². The van der Waals surface area contributed by atoms with E-state index < -0.39 is 0 Å². The molecule has 2 saturated heterocycles. The first-order valence-corrected chi connectivity index (χ1v) is 9.51. The lowest BCUT2D eigenvalue weighted by atomic mass is 10.1. The van der Waals surface area contributed by atoms with Gasteiger partial charge in [0, 0.05) is 32.8 Å². The quantitative estimate of drug-likeness (QED) is 0.871. The van der Waals surface area contributed by atoms with Crippen LogP contribution in [0.4, 0.5) is 5.69 Å². The largest absolute Gasteiger partial charge is 0.368 e. The van der Waals surface area contributed by atoms with Gasteiger partial charge in [0.2, 0.25) is 5.91 Å². The van der Waals surface area contributed by atoms with Crippen LogP contribution in [-0.4, -0.2) is 67.0 Å². The van der Waals surface area contributed by atoms with Crippen LogP contribution in [-0.2, 0) is 14.3 Å². The molecule has 1 N–H and O–H groups in total. The summed E-state index contributed by atoms with van der Waals surface area (Å²) in [5.41, 5.74) is 2.70. The van der Waals surface area contributed by atoms with E-state index in [0.29, 0.717) is 50.0 Å². The number of rotatable bonds is 4. The van der Waals surface area contributed by atoms with Crippen LogP contribution in [0.15, 0.2) is 12.1 Å². The van der Waals surface area contributed by atoms with E-state index in [-0.39, 0.29) is 17.9 Å². The Morgan fingerprint density at radius 3 is 2.58 bits per heavy atom. The fourth-order valence-corrected chi connectivity index (χ4v) is 3.93. The average Bonchev–Trinajstić information content (AvgIpc) is 3.13. The molecule has 6 nitrogen and oxygen atoms in total. The van der Waals surface area contributed by atoms with E-state index >= 15 is 0 Å². The Kier molecular flexibility index (Phi) is 6.16. The number of aryl methyl sites for hydroxylation is 2. The Hall–Kier alpha value is -1.63. The van der Waals surface area contributed by atoms with E-state index in [9.17, 15) is 9.59 Å². The molecular formula is C19H26ClN3O3. The third kappa shape index (κ3) is 4.55. The third-order valence-corrected chi connectivity index (χ3v) is 5.25. The van der Waals surface area contributed by atoms with Crippen molar-refractivity contribution >= 4 is 29.1 Å². The number of carbonyl (C=O) groups is 2. The Morgan fingerprint density at radius 1 is 1.23 bits per heavy atom. The summed E-state index contributed by atoms with van der Waals surface area (Å²) in [6.45, 7) is 7.53. The molecule has 1 aromatic rings. The molecule has 2 aliphatic rings. The summed E-state index contributed by atoms with van der Waals surface area (Å²) in [7, 11) is 0. The normalized spacial score (nSPS) is 21.0. The number of hydrogen-bond acceptors (Lipinski definition) is 4. The average molecular weight is 380 g/mol. The summed E-state index contributed by atoms with van der Waals surface area (Å²) in [6.07, 6.45) is 1.51. The summed E-state index contributed by atoms with van der Waals surface area (Å²) in [4.78, 5) is 28.7. The first-order chi connectivity index (χ1) is 12.4. The van der Waals surface area contributed by atoms with Crippen LogP contribution < -0.4 is 5.32 Å². The van der Waals surface area contributed by atoms with Gasteiger partial charge in [0.25, 0.3) is 5.91 Å². The molecule has 2 aliphatic heterocycles. The lowest BCUT2D eigenvalue weighted by Crippen LogP contribution is -2.52. The van der Waals surface area contributed by atoms with Gasteiger partial charge in [0.05, 0.1) is 17.3 Å². The van der Waals surface area contributed by atoms with Crippen LogP contribution in [0.1, 0.15) is 24.0 Å². The van der Waals surface area contributed by atoms with E-state index in [0.717, 1.165) is 24.0 Å². The van der Waals surface area contributed by atoms with E-state index in [1.165, 1.54) is 0 Å². The number of hydrogen-bond donors (Lipinski definition) is 1. The standard InChI is InChI=1S/C19H26ClN3O3/c1-13-10-14(2)18(15(20)11-13)21-17(24)12-22-5-7-23(8-6-22)19(25)16-4-3-9-26-16/h10-11,16H,3-9,12H2,1-2H3,(H,21,24). The Balaban J connectivity index is 1.48. The summed E-state index contributed by atoms with van der Waals surface area (Å²) in [5, 5.41) is 3.48. The highest BCUT2D eigenvalue weighted by atomic mass is 35.5. The number of piperazine rings is 1. The molecule has 2 amide bonds. The van der Waals surface area contributed by atoms with Crippen molar-refractivity contribution in [2.45, 2.75) is 32.8 Å². The molecule has 7 heteroatoms. The van der Waals surface area contributed by atoms with Gasteiger partial charge in [-0.2, -0.15) is 0 Å². The fourth-order valence-electron chi connectivity index (χ4n) is 3.56. The maximum atomic E-state index is 12.4. The molecule has 0 aliphatic carbocycles. The van der Waals surface area contributed by atoms with Crippen LogP contribution >= 0.6 is 11.6 Å². The van der Waals surface area contributed by atoms with Crippen LogP contribution in [0.2, 0.25) is 5.02 Å². The van der Waals surface area contributed by atoms with Crippen LogP contribution in [0.25, 0.3) is 0 Å². The zero-order valence-electron chi connectivity index (χ0n) is 15.4. The van der Waals surface area contributed by atoms with E-state index in [1.807, 2.05) is 30.9 Å². The first kappa shape index (κ1) is 19.1. The molecule has 1 unspecified atom stereocenters. The van der Waals surface area contributed by atoms with Gasteiger partial charge in [-0.15, -0.1) is 0 Å². The van der Waals surface area contributed by atoms with Crippen molar-refractivity contribution in [1.29, 1.82) is 0 Å². The molecule has 3 rings (SSSR count). The lowest BCUT2D eigenvalue weighted by Gasteiger charge is -2.35. The molecule has 2 fully saturated rings. The molecule has 0 spiro atoms. The number of nitrogens with one attached hydrogen (secondary N) is 1. The predicted octanol–water partition coefficient (Wildman–Crippen LogP) is 2.22. The molecule has 142 valence electrons. The van der Waals surface area contributed by atoms with Gasteiger partial charge in [-0.05, 0) is 43.9 Å². The van der Waals surface area contributed by atoms with Crippen molar-refractivity contribution in [2.24, 2.45) is 0 Å². The highest BCUT2D eigenvalue weighted by Gasteiger charge is 2.30. The van der Waals surface area contributed by atoms with Crippen LogP contribution in [0.5, 0.6) is 0 Å². The zero-order valence-corrected chi connectivity index (χ0v) is 16.1. The minimum atomic E-state index is -0.267. The predicted molar refractivity (Wildman–Crippen MR) is 102 cm³/mol. The van der Waals surface area contributed by atoms with Crippen LogP contribution in [0.3, 0.4) is 0 Å². The van der Waals surface area contributed by atoms with Crippen molar-refractivity contribution in [1.82, 2.24) is 9.80 Å². The molecule has 1 aromatic carbocycles. The fraction of sp³-hybridized carbons (Fsp3) is 0.579. The highest BCUT2D eigenvalue weighted by Crippen LogP contribution is 2.27. The van der Waals surface area contributed by atoms with E-state index in [2.05, 4.69) is 10.2 Å². The van der Waals surface area contributed by atoms with E-state index in [4.69, 9.17) is 16.3 Å². The molecule has 0 aromatic heterocycles. The molecule has 1 atom stereocenters. The van der Waals surface area contributed by atoms with Gasteiger partial charge in [0.15, 0.2) is 0 Å². The van der Waals surface area contributed by atoms with Crippen molar-refractivity contribution in [2.75, 3.05) is 44.6 Å². The maximum Gasteiger partial charge on any atom is 0.251 e. The number of benzene rings is 1. The second kappa shape index (κ2) is 8.37. The minimum Gasteiger partial charge on any atom is -0.368 e. The molecule has 0 bridgehead atoms. The van der Waals surface area contributed by atoms with Gasteiger partial charge < -0.3 is 15.0 Å². The van der Waals surface area contributed by atoms with Gasteiger partial charge in [-0.1, -0.05) is 17.7 Å². The topological polar surface area (TPSA) is 61.9 Å². The van der Waals surface area contributed by atoms with Gasteiger partial charge in [-0.25, -0.2) is 0 Å².